The van der Waals surface area contributed by atoms with Crippen LogP contribution in [0.5, 0.6) is 0 Å². The zero-order chi connectivity index (χ0) is 14.8. The van der Waals surface area contributed by atoms with Crippen molar-refractivity contribution in [1.29, 1.82) is 0 Å². The Kier molecular flexibility index (Phi) is 3.90. The van der Waals surface area contributed by atoms with E-state index in [1.54, 1.807) is 0 Å². The number of pyridine rings is 1. The Morgan fingerprint density at radius 3 is 2.86 bits per heavy atom. The number of hydrogen-bond acceptors (Lipinski definition) is 3. The summed E-state index contributed by atoms with van der Waals surface area (Å²) in [5.74, 6) is 1.21. The van der Waals surface area contributed by atoms with Crippen LogP contribution in [0.25, 0.3) is 0 Å². The van der Waals surface area contributed by atoms with E-state index < -0.39 is 5.97 Å². The lowest BCUT2D eigenvalue weighted by atomic mass is 9.86. The molecular weight excluding hydrogens is 268 g/mol. The van der Waals surface area contributed by atoms with E-state index in [4.69, 9.17) is 5.11 Å². The monoisotopic (exact) mass is 288 g/mol. The third kappa shape index (κ3) is 3.23. The Hall–Kier alpha value is -1.91. The minimum absolute atomic E-state index is 0.0510. The van der Waals surface area contributed by atoms with Gasteiger partial charge in [0.25, 0.3) is 0 Å². The number of carboxylic acid groups (broad SMARTS) is 1. The SMILES string of the molecule is O=C(CC1CC2CCC1C2)NCc1cc(C(=O)O)ccn1. The predicted octanol–water partition coefficient (Wildman–Crippen LogP) is 2.22. The normalized spacial score (nSPS) is 26.8. The summed E-state index contributed by atoms with van der Waals surface area (Å²) in [5.41, 5.74) is 0.776. The number of amides is 1. The third-order valence-electron chi connectivity index (χ3n) is 4.86. The van der Waals surface area contributed by atoms with Gasteiger partial charge in [0.1, 0.15) is 0 Å². The molecule has 0 spiro atoms. The highest BCUT2D eigenvalue weighted by Crippen LogP contribution is 2.49. The number of hydrogen-bond donors (Lipinski definition) is 2. The second-order valence-corrected chi connectivity index (χ2v) is 6.26. The summed E-state index contributed by atoms with van der Waals surface area (Å²) >= 11 is 0. The first kappa shape index (κ1) is 14.0. The molecule has 2 N–H and O–H groups in total. The van der Waals surface area contributed by atoms with Gasteiger partial charge < -0.3 is 10.4 Å². The average molecular weight is 288 g/mol. The van der Waals surface area contributed by atoms with Crippen molar-refractivity contribution >= 4 is 11.9 Å². The highest BCUT2D eigenvalue weighted by Gasteiger charge is 2.39. The molecule has 2 saturated carbocycles. The van der Waals surface area contributed by atoms with Crippen LogP contribution in [-0.4, -0.2) is 22.0 Å². The van der Waals surface area contributed by atoms with Gasteiger partial charge in [0.05, 0.1) is 17.8 Å². The Bertz CT molecular complexity index is 558. The lowest BCUT2D eigenvalue weighted by Gasteiger charge is -2.20. The van der Waals surface area contributed by atoms with Crippen LogP contribution in [0, 0.1) is 17.8 Å². The molecule has 2 bridgehead atoms. The molecule has 1 heterocycles. The van der Waals surface area contributed by atoms with Crippen LogP contribution >= 0.6 is 0 Å². The van der Waals surface area contributed by atoms with Gasteiger partial charge in [0.2, 0.25) is 5.91 Å². The predicted molar refractivity (Wildman–Crippen MR) is 76.6 cm³/mol. The van der Waals surface area contributed by atoms with E-state index in [2.05, 4.69) is 10.3 Å². The van der Waals surface area contributed by atoms with Gasteiger partial charge in [-0.25, -0.2) is 4.79 Å². The van der Waals surface area contributed by atoms with Crippen LogP contribution in [0.4, 0.5) is 0 Å². The van der Waals surface area contributed by atoms with Crippen molar-refractivity contribution in [2.24, 2.45) is 17.8 Å². The summed E-state index contributed by atoms with van der Waals surface area (Å²) in [7, 11) is 0. The molecule has 5 nitrogen and oxygen atoms in total. The molecule has 2 aliphatic rings. The molecule has 0 aliphatic heterocycles. The molecule has 1 aromatic rings. The summed E-state index contributed by atoms with van der Waals surface area (Å²) in [5, 5.41) is 11.8. The zero-order valence-corrected chi connectivity index (χ0v) is 11.9. The van der Waals surface area contributed by atoms with Crippen LogP contribution in [0.1, 0.15) is 48.2 Å². The average Bonchev–Trinajstić information content (AvgIpc) is 3.08. The Balaban J connectivity index is 1.49. The molecule has 21 heavy (non-hydrogen) atoms. The van der Waals surface area contributed by atoms with Gasteiger partial charge >= 0.3 is 5.97 Å². The van der Waals surface area contributed by atoms with E-state index >= 15 is 0 Å². The standard InChI is InChI=1S/C16H20N2O3/c19-15(8-13-6-10-1-2-11(13)5-10)18-9-14-7-12(16(20)21)3-4-17-14/h3-4,7,10-11,13H,1-2,5-6,8-9H2,(H,18,19)(H,20,21). The van der Waals surface area contributed by atoms with Gasteiger partial charge in [-0.3, -0.25) is 9.78 Å². The second-order valence-electron chi connectivity index (χ2n) is 6.26. The maximum Gasteiger partial charge on any atom is 0.335 e. The minimum atomic E-state index is -0.980. The number of rotatable bonds is 5. The first-order valence-corrected chi connectivity index (χ1v) is 7.56. The number of fused-ring (bicyclic) bond motifs is 2. The fourth-order valence-electron chi connectivity index (χ4n) is 3.83. The molecule has 2 aliphatic carbocycles. The minimum Gasteiger partial charge on any atom is -0.478 e. The van der Waals surface area contributed by atoms with Crippen molar-refractivity contribution < 1.29 is 14.7 Å². The lowest BCUT2D eigenvalue weighted by molar-refractivity contribution is -0.122. The van der Waals surface area contributed by atoms with E-state index in [0.717, 1.165) is 11.8 Å². The molecule has 3 atom stereocenters. The summed E-state index contributed by atoms with van der Waals surface area (Å²) in [4.78, 5) is 27.0. The van der Waals surface area contributed by atoms with Crippen molar-refractivity contribution in [2.45, 2.75) is 38.6 Å². The van der Waals surface area contributed by atoms with E-state index in [1.165, 1.54) is 44.0 Å². The third-order valence-corrected chi connectivity index (χ3v) is 4.86. The van der Waals surface area contributed by atoms with Crippen LogP contribution in [-0.2, 0) is 11.3 Å². The molecule has 0 radical (unpaired) electrons. The van der Waals surface area contributed by atoms with E-state index in [0.29, 0.717) is 24.6 Å². The quantitative estimate of drug-likeness (QED) is 0.870. The number of nitrogens with one attached hydrogen (secondary N) is 1. The molecular formula is C16H20N2O3. The first-order valence-electron chi connectivity index (χ1n) is 7.56. The second kappa shape index (κ2) is 5.84. The topological polar surface area (TPSA) is 79.3 Å². The van der Waals surface area contributed by atoms with Crippen LogP contribution in [0.15, 0.2) is 18.3 Å². The van der Waals surface area contributed by atoms with Crippen molar-refractivity contribution in [2.75, 3.05) is 0 Å². The molecule has 3 rings (SSSR count). The lowest BCUT2D eigenvalue weighted by Crippen LogP contribution is -2.27. The largest absolute Gasteiger partial charge is 0.478 e. The molecule has 3 unspecified atom stereocenters. The molecule has 1 aromatic heterocycles. The van der Waals surface area contributed by atoms with Gasteiger partial charge in [0, 0.05) is 12.6 Å². The molecule has 2 fully saturated rings. The molecule has 1 amide bonds. The summed E-state index contributed by atoms with van der Waals surface area (Å²) in [6.45, 7) is 0.292. The number of carbonyl (C=O) groups excluding carboxylic acids is 1. The summed E-state index contributed by atoms with van der Waals surface area (Å²) < 4.78 is 0. The number of carbonyl (C=O) groups is 2. The van der Waals surface area contributed by atoms with Crippen LogP contribution in [0.3, 0.4) is 0 Å². The summed E-state index contributed by atoms with van der Waals surface area (Å²) in [6.07, 6.45) is 7.19. The van der Waals surface area contributed by atoms with E-state index in [-0.39, 0.29) is 11.5 Å². The number of carboxylic acids is 1. The Morgan fingerprint density at radius 1 is 1.33 bits per heavy atom. The van der Waals surface area contributed by atoms with Crippen LogP contribution < -0.4 is 5.32 Å². The van der Waals surface area contributed by atoms with Gasteiger partial charge in [0.15, 0.2) is 0 Å². The summed E-state index contributed by atoms with van der Waals surface area (Å²) in [6, 6.07) is 2.95. The maximum absolute atomic E-state index is 12.0. The number of aromatic carboxylic acids is 1. The smallest absolute Gasteiger partial charge is 0.335 e. The molecule has 0 aromatic carbocycles. The van der Waals surface area contributed by atoms with E-state index in [1.807, 2.05) is 0 Å². The van der Waals surface area contributed by atoms with Crippen molar-refractivity contribution in [1.82, 2.24) is 10.3 Å². The van der Waals surface area contributed by atoms with Gasteiger partial charge in [-0.05, 0) is 49.1 Å². The number of nitrogens with zero attached hydrogens (tertiary/aromatic N) is 1. The Morgan fingerprint density at radius 2 is 2.19 bits per heavy atom. The van der Waals surface area contributed by atoms with Crippen molar-refractivity contribution in [3.05, 3.63) is 29.6 Å². The van der Waals surface area contributed by atoms with Gasteiger partial charge in [-0.1, -0.05) is 6.42 Å². The Labute approximate surface area is 123 Å². The zero-order valence-electron chi connectivity index (χ0n) is 11.9. The highest BCUT2D eigenvalue weighted by molar-refractivity contribution is 5.87. The van der Waals surface area contributed by atoms with Gasteiger partial charge in [-0.15, -0.1) is 0 Å². The molecule has 0 saturated heterocycles. The van der Waals surface area contributed by atoms with Crippen molar-refractivity contribution in [3.63, 3.8) is 0 Å². The highest BCUT2D eigenvalue weighted by atomic mass is 16.4. The maximum atomic E-state index is 12.0. The van der Waals surface area contributed by atoms with Gasteiger partial charge in [-0.2, -0.15) is 0 Å². The first-order chi connectivity index (χ1) is 10.1. The van der Waals surface area contributed by atoms with Crippen molar-refractivity contribution in [3.8, 4) is 0 Å². The molecule has 112 valence electrons. The van der Waals surface area contributed by atoms with E-state index in [9.17, 15) is 9.59 Å². The fourth-order valence-corrected chi connectivity index (χ4v) is 3.83. The van der Waals surface area contributed by atoms with Crippen LogP contribution in [0.2, 0.25) is 0 Å². The number of aromatic nitrogens is 1. The fraction of sp³-hybridized carbons (Fsp3) is 0.562. The molecule has 5 heteroatoms.